The number of aryl methyl sites for hydroxylation is 1. The first-order valence-electron chi connectivity index (χ1n) is 6.64. The fourth-order valence-electron chi connectivity index (χ4n) is 2.08. The van der Waals surface area contributed by atoms with Crippen LogP contribution in [0.25, 0.3) is 0 Å². The van der Waals surface area contributed by atoms with E-state index in [1.807, 2.05) is 4.68 Å². The molecule has 0 aliphatic heterocycles. The van der Waals surface area contributed by atoms with Gasteiger partial charge in [-0.25, -0.2) is 0 Å². The first-order valence-corrected chi connectivity index (χ1v) is 6.64. The molecule has 1 heterocycles. The maximum Gasteiger partial charge on any atom is 0.325 e. The number of carbonyl (C=O) groups is 2. The van der Waals surface area contributed by atoms with Gasteiger partial charge in [0.2, 0.25) is 0 Å². The Morgan fingerprint density at radius 1 is 1.58 bits per heavy atom. The molecule has 1 fully saturated rings. The highest BCUT2D eigenvalue weighted by Crippen LogP contribution is 2.41. The van der Waals surface area contributed by atoms with E-state index in [2.05, 4.69) is 17.3 Å². The van der Waals surface area contributed by atoms with Crippen molar-refractivity contribution in [1.82, 2.24) is 15.1 Å². The van der Waals surface area contributed by atoms with Crippen LogP contribution in [0, 0.1) is 0 Å². The maximum absolute atomic E-state index is 12.1. The summed E-state index contributed by atoms with van der Waals surface area (Å²) in [5, 5.41) is 15.6. The summed E-state index contributed by atoms with van der Waals surface area (Å²) in [6, 6.07) is -0.894. The molecule has 6 nitrogen and oxygen atoms in total. The third kappa shape index (κ3) is 2.94. The van der Waals surface area contributed by atoms with Crippen LogP contribution in [0.3, 0.4) is 0 Å². The number of carboxylic acid groups (broad SMARTS) is 1. The Kier molecular flexibility index (Phi) is 3.87. The minimum atomic E-state index is -1.04. The zero-order chi connectivity index (χ0) is 14.0. The van der Waals surface area contributed by atoms with Gasteiger partial charge in [-0.1, -0.05) is 6.92 Å². The Morgan fingerprint density at radius 3 is 2.79 bits per heavy atom. The van der Waals surface area contributed by atoms with E-state index >= 15 is 0 Å². The van der Waals surface area contributed by atoms with Gasteiger partial charge in [-0.2, -0.15) is 5.10 Å². The maximum atomic E-state index is 12.1. The van der Waals surface area contributed by atoms with E-state index in [-0.39, 0.29) is 5.91 Å². The summed E-state index contributed by atoms with van der Waals surface area (Å²) in [6.07, 6.45) is 4.65. The molecular formula is C13H19N3O3. The molecule has 1 aliphatic rings. The lowest BCUT2D eigenvalue weighted by molar-refractivity contribution is -0.138. The molecule has 2 rings (SSSR count). The molecule has 0 saturated heterocycles. The third-order valence-corrected chi connectivity index (χ3v) is 3.24. The van der Waals surface area contributed by atoms with Crippen molar-refractivity contribution in [2.45, 2.75) is 51.6 Å². The molecule has 1 aromatic heterocycles. The van der Waals surface area contributed by atoms with Crippen LogP contribution in [0.15, 0.2) is 6.20 Å². The van der Waals surface area contributed by atoms with Gasteiger partial charge >= 0.3 is 5.97 Å². The van der Waals surface area contributed by atoms with Crippen molar-refractivity contribution < 1.29 is 14.7 Å². The number of amides is 1. The summed E-state index contributed by atoms with van der Waals surface area (Å²) in [6.45, 7) is 4.30. The molecule has 1 atom stereocenters. The van der Waals surface area contributed by atoms with E-state index in [9.17, 15) is 9.59 Å². The molecule has 0 spiro atoms. The summed E-state index contributed by atoms with van der Waals surface area (Å²) < 4.78 is 1.87. The standard InChI is InChI=1S/C13H19N3O3/c1-3-6-16-11(9-4-5-9)10(7-14-16)12(17)15-8(2)13(18)19/h7-9H,3-6H2,1-2H3,(H,15,17)(H,18,19)/t8-/m1/s1. The molecular weight excluding hydrogens is 246 g/mol. The molecule has 2 N–H and O–H groups in total. The summed E-state index contributed by atoms with van der Waals surface area (Å²) in [4.78, 5) is 22.9. The van der Waals surface area contributed by atoms with Crippen molar-refractivity contribution in [3.8, 4) is 0 Å². The van der Waals surface area contributed by atoms with Gasteiger partial charge in [-0.3, -0.25) is 14.3 Å². The zero-order valence-corrected chi connectivity index (χ0v) is 11.2. The largest absolute Gasteiger partial charge is 0.480 e. The van der Waals surface area contributed by atoms with Gasteiger partial charge in [0, 0.05) is 12.5 Å². The predicted molar refractivity (Wildman–Crippen MR) is 69.1 cm³/mol. The van der Waals surface area contributed by atoms with E-state index in [1.54, 1.807) is 6.20 Å². The first-order chi connectivity index (χ1) is 9.04. The highest BCUT2D eigenvalue weighted by Gasteiger charge is 2.32. The molecule has 0 radical (unpaired) electrons. The second kappa shape index (κ2) is 5.42. The van der Waals surface area contributed by atoms with Gasteiger partial charge in [-0.15, -0.1) is 0 Å². The van der Waals surface area contributed by atoms with Crippen LogP contribution in [0.2, 0.25) is 0 Å². The van der Waals surface area contributed by atoms with Crippen molar-refractivity contribution in [2.75, 3.05) is 0 Å². The Labute approximate surface area is 111 Å². The number of nitrogens with zero attached hydrogens (tertiary/aromatic N) is 2. The molecule has 0 unspecified atom stereocenters. The topological polar surface area (TPSA) is 84.2 Å². The average Bonchev–Trinajstić information content (AvgIpc) is 3.11. The summed E-state index contributed by atoms with van der Waals surface area (Å²) in [5.41, 5.74) is 1.47. The van der Waals surface area contributed by atoms with Crippen molar-refractivity contribution in [3.05, 3.63) is 17.5 Å². The quantitative estimate of drug-likeness (QED) is 0.813. The molecule has 1 amide bonds. The van der Waals surface area contributed by atoms with Crippen LogP contribution in [0.4, 0.5) is 0 Å². The van der Waals surface area contributed by atoms with Gasteiger partial charge in [-0.05, 0) is 26.2 Å². The van der Waals surface area contributed by atoms with Gasteiger partial charge in [0.15, 0.2) is 0 Å². The molecule has 1 aliphatic carbocycles. The van der Waals surface area contributed by atoms with Crippen LogP contribution in [0.5, 0.6) is 0 Å². The zero-order valence-electron chi connectivity index (χ0n) is 11.2. The molecule has 0 aromatic carbocycles. The fourth-order valence-corrected chi connectivity index (χ4v) is 2.08. The van der Waals surface area contributed by atoms with Crippen LogP contribution in [0.1, 0.15) is 55.1 Å². The van der Waals surface area contributed by atoms with Crippen LogP contribution < -0.4 is 5.32 Å². The lowest BCUT2D eigenvalue weighted by Crippen LogP contribution is -2.38. The average molecular weight is 265 g/mol. The Morgan fingerprint density at radius 2 is 2.26 bits per heavy atom. The monoisotopic (exact) mass is 265 g/mol. The van der Waals surface area contributed by atoms with E-state index in [1.165, 1.54) is 6.92 Å². The number of hydrogen-bond acceptors (Lipinski definition) is 3. The van der Waals surface area contributed by atoms with Crippen molar-refractivity contribution >= 4 is 11.9 Å². The van der Waals surface area contributed by atoms with E-state index < -0.39 is 12.0 Å². The number of rotatable bonds is 6. The third-order valence-electron chi connectivity index (χ3n) is 3.24. The lowest BCUT2D eigenvalue weighted by Gasteiger charge is -2.10. The van der Waals surface area contributed by atoms with Gasteiger partial charge in [0.05, 0.1) is 17.5 Å². The minimum absolute atomic E-state index is 0.348. The van der Waals surface area contributed by atoms with Crippen LogP contribution in [-0.2, 0) is 11.3 Å². The Hall–Kier alpha value is -1.85. The molecule has 0 bridgehead atoms. The fraction of sp³-hybridized carbons (Fsp3) is 0.615. The number of carbonyl (C=O) groups excluding carboxylic acids is 1. The van der Waals surface area contributed by atoms with E-state index in [4.69, 9.17) is 5.11 Å². The van der Waals surface area contributed by atoms with Crippen molar-refractivity contribution in [1.29, 1.82) is 0 Å². The Balaban J connectivity index is 2.19. The molecule has 6 heteroatoms. The molecule has 19 heavy (non-hydrogen) atoms. The van der Waals surface area contributed by atoms with Gasteiger partial charge in [0.25, 0.3) is 5.91 Å². The number of aliphatic carboxylic acids is 1. The number of hydrogen-bond donors (Lipinski definition) is 2. The molecule has 1 aromatic rings. The van der Waals surface area contributed by atoms with Crippen molar-refractivity contribution in [2.24, 2.45) is 0 Å². The number of aromatic nitrogens is 2. The van der Waals surface area contributed by atoms with Gasteiger partial charge < -0.3 is 10.4 Å². The second-order valence-electron chi connectivity index (χ2n) is 4.97. The summed E-state index contributed by atoms with van der Waals surface area (Å²) >= 11 is 0. The number of carboxylic acids is 1. The van der Waals surface area contributed by atoms with Crippen molar-refractivity contribution in [3.63, 3.8) is 0 Å². The molecule has 1 saturated carbocycles. The normalized spacial score (nSPS) is 16.1. The highest BCUT2D eigenvalue weighted by molar-refractivity contribution is 5.97. The highest BCUT2D eigenvalue weighted by atomic mass is 16.4. The first kappa shape index (κ1) is 13.6. The van der Waals surface area contributed by atoms with E-state index in [0.29, 0.717) is 11.5 Å². The lowest BCUT2D eigenvalue weighted by atomic mass is 10.1. The van der Waals surface area contributed by atoms with Crippen LogP contribution in [-0.4, -0.2) is 32.8 Å². The smallest absolute Gasteiger partial charge is 0.325 e. The van der Waals surface area contributed by atoms with Crippen LogP contribution >= 0.6 is 0 Å². The SMILES string of the molecule is CCCn1ncc(C(=O)N[C@H](C)C(=O)O)c1C1CC1. The summed E-state index contributed by atoms with van der Waals surface area (Å²) in [7, 11) is 0. The number of nitrogens with one attached hydrogen (secondary N) is 1. The van der Waals surface area contributed by atoms with E-state index in [0.717, 1.165) is 31.5 Å². The minimum Gasteiger partial charge on any atom is -0.480 e. The second-order valence-corrected chi connectivity index (χ2v) is 4.97. The predicted octanol–water partition coefficient (Wildman–Crippen LogP) is 1.37. The summed E-state index contributed by atoms with van der Waals surface area (Å²) in [5.74, 6) is -0.989. The van der Waals surface area contributed by atoms with Gasteiger partial charge in [0.1, 0.15) is 6.04 Å². The Bertz CT molecular complexity index is 491. The molecule has 104 valence electrons.